The van der Waals surface area contributed by atoms with Crippen LogP contribution in [0.2, 0.25) is 0 Å². The summed E-state index contributed by atoms with van der Waals surface area (Å²) in [6.45, 7) is 2.40. The van der Waals surface area contributed by atoms with Crippen LogP contribution in [0.5, 0.6) is 0 Å². The molecule has 0 aliphatic heterocycles. The van der Waals surface area contributed by atoms with Gasteiger partial charge in [-0.05, 0) is 48.9 Å². The quantitative estimate of drug-likeness (QED) is 0.771. The fourth-order valence-corrected chi connectivity index (χ4v) is 4.01. The Morgan fingerprint density at radius 2 is 2.18 bits per heavy atom. The molecule has 1 aromatic rings. The predicted octanol–water partition coefficient (Wildman–Crippen LogP) is 3.71. The van der Waals surface area contributed by atoms with Crippen LogP contribution in [-0.2, 0) is 6.42 Å². The Bertz CT molecular complexity index is 315. The molecule has 0 atom stereocenters. The van der Waals surface area contributed by atoms with E-state index in [0.29, 0.717) is 5.41 Å². The minimum absolute atomic E-state index is 0.507. The zero-order chi connectivity index (χ0) is 12.1. The maximum atomic E-state index is 4.58. The van der Waals surface area contributed by atoms with Gasteiger partial charge in [-0.25, -0.2) is 0 Å². The van der Waals surface area contributed by atoms with Crippen molar-refractivity contribution in [1.82, 2.24) is 4.90 Å². The van der Waals surface area contributed by atoms with Gasteiger partial charge in [-0.3, -0.25) is 0 Å². The number of thiol groups is 1. The zero-order valence-corrected chi connectivity index (χ0v) is 12.4. The first-order valence-corrected chi connectivity index (χ1v) is 8.07. The molecule has 0 saturated heterocycles. The Kier molecular flexibility index (Phi) is 4.95. The highest BCUT2D eigenvalue weighted by molar-refractivity contribution is 7.80. The molecule has 0 unspecified atom stereocenters. The van der Waals surface area contributed by atoms with Crippen LogP contribution in [0.1, 0.15) is 30.6 Å². The van der Waals surface area contributed by atoms with Crippen molar-refractivity contribution >= 4 is 24.0 Å². The number of hydrogen-bond acceptors (Lipinski definition) is 3. The largest absolute Gasteiger partial charge is 0.305 e. The topological polar surface area (TPSA) is 3.24 Å². The summed E-state index contributed by atoms with van der Waals surface area (Å²) >= 11 is 6.45. The van der Waals surface area contributed by atoms with Gasteiger partial charge in [-0.15, -0.1) is 11.3 Å². The summed E-state index contributed by atoms with van der Waals surface area (Å²) in [5.74, 6) is 1.05. The number of nitrogens with zero attached hydrogens (tertiary/aromatic N) is 1. The van der Waals surface area contributed by atoms with Crippen LogP contribution in [0.3, 0.4) is 0 Å². The maximum Gasteiger partial charge on any atom is 0.00579 e. The molecule has 96 valence electrons. The molecule has 1 fully saturated rings. The monoisotopic (exact) mass is 269 g/mol. The van der Waals surface area contributed by atoms with Gasteiger partial charge in [0.15, 0.2) is 0 Å². The van der Waals surface area contributed by atoms with Crippen molar-refractivity contribution < 1.29 is 0 Å². The zero-order valence-electron chi connectivity index (χ0n) is 10.7. The van der Waals surface area contributed by atoms with E-state index in [9.17, 15) is 0 Å². The lowest BCUT2D eigenvalue weighted by molar-refractivity contribution is 0.203. The van der Waals surface area contributed by atoms with Crippen molar-refractivity contribution in [2.45, 2.75) is 32.1 Å². The Hall–Kier alpha value is 0.01000. The van der Waals surface area contributed by atoms with Gasteiger partial charge in [0, 0.05) is 18.0 Å². The molecular weight excluding hydrogens is 246 g/mol. The highest BCUT2D eigenvalue weighted by Gasteiger charge is 2.33. The number of hydrogen-bond donors (Lipinski definition) is 1. The minimum Gasteiger partial charge on any atom is -0.305 e. The smallest absolute Gasteiger partial charge is 0.00579 e. The van der Waals surface area contributed by atoms with E-state index in [1.54, 1.807) is 0 Å². The summed E-state index contributed by atoms with van der Waals surface area (Å²) in [5.41, 5.74) is 0.507. The van der Waals surface area contributed by atoms with E-state index in [1.807, 2.05) is 11.3 Å². The SMILES string of the molecule is CN(CCc1cccs1)CC1(CS)CCCC1. The molecule has 1 heterocycles. The number of rotatable bonds is 6. The normalized spacial score (nSPS) is 19.0. The highest BCUT2D eigenvalue weighted by atomic mass is 32.1. The van der Waals surface area contributed by atoms with Gasteiger partial charge >= 0.3 is 0 Å². The van der Waals surface area contributed by atoms with E-state index >= 15 is 0 Å². The third kappa shape index (κ3) is 3.73. The van der Waals surface area contributed by atoms with Gasteiger partial charge in [0.1, 0.15) is 0 Å². The second kappa shape index (κ2) is 6.26. The molecule has 0 spiro atoms. The first-order valence-electron chi connectivity index (χ1n) is 6.56. The summed E-state index contributed by atoms with van der Waals surface area (Å²) in [5, 5.41) is 2.17. The Balaban J connectivity index is 1.78. The first kappa shape index (κ1) is 13.4. The van der Waals surface area contributed by atoms with Crippen LogP contribution >= 0.6 is 24.0 Å². The lowest BCUT2D eigenvalue weighted by Crippen LogP contribution is -2.36. The van der Waals surface area contributed by atoms with Crippen molar-refractivity contribution in [2.24, 2.45) is 5.41 Å². The molecule has 2 rings (SSSR count). The Labute approximate surface area is 115 Å². The fraction of sp³-hybridized carbons (Fsp3) is 0.714. The van der Waals surface area contributed by atoms with Crippen molar-refractivity contribution in [3.63, 3.8) is 0 Å². The minimum atomic E-state index is 0.507. The fourth-order valence-electron chi connectivity index (χ4n) is 2.90. The van der Waals surface area contributed by atoms with Gasteiger partial charge in [0.2, 0.25) is 0 Å². The second-order valence-corrected chi connectivity index (χ2v) is 6.78. The van der Waals surface area contributed by atoms with Gasteiger partial charge in [-0.1, -0.05) is 18.9 Å². The molecule has 17 heavy (non-hydrogen) atoms. The third-order valence-corrected chi connectivity index (χ3v) is 5.53. The Morgan fingerprint density at radius 1 is 1.41 bits per heavy atom. The summed E-state index contributed by atoms with van der Waals surface area (Å²) < 4.78 is 0. The molecule has 1 saturated carbocycles. The van der Waals surface area contributed by atoms with Crippen molar-refractivity contribution in [2.75, 3.05) is 25.9 Å². The van der Waals surface area contributed by atoms with E-state index in [0.717, 1.165) is 5.75 Å². The molecule has 0 N–H and O–H groups in total. The van der Waals surface area contributed by atoms with Gasteiger partial charge in [0.25, 0.3) is 0 Å². The lowest BCUT2D eigenvalue weighted by atomic mass is 9.88. The first-order chi connectivity index (χ1) is 8.24. The number of thiophene rings is 1. The van der Waals surface area contributed by atoms with E-state index in [4.69, 9.17) is 0 Å². The van der Waals surface area contributed by atoms with Gasteiger partial charge in [0.05, 0.1) is 0 Å². The molecule has 1 aliphatic carbocycles. The van der Waals surface area contributed by atoms with Crippen LogP contribution in [0.4, 0.5) is 0 Å². The van der Waals surface area contributed by atoms with E-state index in [1.165, 1.54) is 50.1 Å². The van der Waals surface area contributed by atoms with E-state index in [2.05, 4.69) is 42.1 Å². The maximum absolute atomic E-state index is 4.58. The highest BCUT2D eigenvalue weighted by Crippen LogP contribution is 2.39. The molecule has 3 heteroatoms. The van der Waals surface area contributed by atoms with Crippen LogP contribution < -0.4 is 0 Å². The van der Waals surface area contributed by atoms with Crippen LogP contribution in [0, 0.1) is 5.41 Å². The molecule has 1 nitrogen and oxygen atoms in total. The number of likely N-dealkylation sites (N-methyl/N-ethyl adjacent to an activating group) is 1. The predicted molar refractivity (Wildman–Crippen MR) is 80.3 cm³/mol. The van der Waals surface area contributed by atoms with E-state index in [-0.39, 0.29) is 0 Å². The van der Waals surface area contributed by atoms with Crippen LogP contribution in [0.15, 0.2) is 17.5 Å². The van der Waals surface area contributed by atoms with Crippen molar-refractivity contribution in [3.8, 4) is 0 Å². The van der Waals surface area contributed by atoms with E-state index < -0.39 is 0 Å². The molecule has 1 aliphatic rings. The third-order valence-electron chi connectivity index (χ3n) is 3.92. The van der Waals surface area contributed by atoms with Crippen molar-refractivity contribution in [1.29, 1.82) is 0 Å². The standard InChI is InChI=1S/C14H23NS2/c1-15(9-6-13-5-4-10-17-13)11-14(12-16)7-2-3-8-14/h4-5,10,16H,2-3,6-9,11-12H2,1H3. The molecule has 0 bridgehead atoms. The van der Waals surface area contributed by atoms with Crippen LogP contribution in [0.25, 0.3) is 0 Å². The van der Waals surface area contributed by atoms with Crippen molar-refractivity contribution in [3.05, 3.63) is 22.4 Å². The Morgan fingerprint density at radius 3 is 2.76 bits per heavy atom. The molecule has 0 aromatic carbocycles. The summed E-state index contributed by atoms with van der Waals surface area (Å²) in [4.78, 5) is 4.00. The van der Waals surface area contributed by atoms with Gasteiger partial charge in [-0.2, -0.15) is 12.6 Å². The summed E-state index contributed by atoms with van der Waals surface area (Å²) in [6.07, 6.45) is 6.75. The summed E-state index contributed by atoms with van der Waals surface area (Å²) in [7, 11) is 2.26. The average molecular weight is 269 g/mol. The molecule has 1 aromatic heterocycles. The average Bonchev–Trinajstić information content (AvgIpc) is 2.98. The molecule has 0 amide bonds. The van der Waals surface area contributed by atoms with Crippen LogP contribution in [-0.4, -0.2) is 30.8 Å². The molecular formula is C14H23NS2. The lowest BCUT2D eigenvalue weighted by Gasteiger charge is -2.32. The molecule has 0 radical (unpaired) electrons. The van der Waals surface area contributed by atoms with Gasteiger partial charge < -0.3 is 4.90 Å². The summed E-state index contributed by atoms with van der Waals surface area (Å²) in [6, 6.07) is 4.38. The second-order valence-electron chi connectivity index (χ2n) is 5.43.